The van der Waals surface area contributed by atoms with Gasteiger partial charge in [0, 0.05) is 12.4 Å². The van der Waals surface area contributed by atoms with Crippen molar-refractivity contribution in [2.24, 2.45) is 0 Å². The van der Waals surface area contributed by atoms with E-state index in [1.807, 2.05) is 19.1 Å². The fraction of sp³-hybridized carbons (Fsp3) is 0.500. The summed E-state index contributed by atoms with van der Waals surface area (Å²) in [7, 11) is 0. The van der Waals surface area contributed by atoms with Crippen LogP contribution in [-0.2, 0) is 14.3 Å². The van der Waals surface area contributed by atoms with Crippen molar-refractivity contribution in [1.82, 2.24) is 4.90 Å². The molecule has 6 nitrogen and oxygen atoms in total. The van der Waals surface area contributed by atoms with E-state index in [1.165, 1.54) is 16.7 Å². The van der Waals surface area contributed by atoms with Crippen LogP contribution in [0.2, 0.25) is 0 Å². The summed E-state index contributed by atoms with van der Waals surface area (Å²) in [6.45, 7) is 3.56. The lowest BCUT2D eigenvalue weighted by Crippen LogP contribution is -2.37. The number of hydrogen-bond donors (Lipinski definition) is 1. The van der Waals surface area contributed by atoms with Gasteiger partial charge in [-0.15, -0.1) is 11.8 Å². The van der Waals surface area contributed by atoms with Gasteiger partial charge < -0.3 is 14.6 Å². The highest BCUT2D eigenvalue weighted by Crippen LogP contribution is 2.37. The quantitative estimate of drug-likeness (QED) is 0.652. The molecule has 2 aliphatic rings. The second kappa shape index (κ2) is 9.39. The van der Waals surface area contributed by atoms with Crippen LogP contribution in [0.3, 0.4) is 0 Å². The molecule has 0 bridgehead atoms. The average Bonchev–Trinajstić information content (AvgIpc) is 3.28. The van der Waals surface area contributed by atoms with E-state index in [0.29, 0.717) is 35.0 Å². The molecule has 1 N–H and O–H groups in total. The Labute approximate surface area is 163 Å². The van der Waals surface area contributed by atoms with E-state index in [9.17, 15) is 9.59 Å². The van der Waals surface area contributed by atoms with E-state index in [1.54, 1.807) is 12.1 Å². The maximum atomic E-state index is 13.0. The third-order valence-corrected chi connectivity index (χ3v) is 5.54. The number of aliphatic hydroxyl groups excluding tert-OH is 1. The fourth-order valence-corrected chi connectivity index (χ4v) is 4.06. The summed E-state index contributed by atoms with van der Waals surface area (Å²) in [5.74, 6) is 0.510. The Morgan fingerprint density at radius 1 is 1.26 bits per heavy atom. The van der Waals surface area contributed by atoms with Crippen molar-refractivity contribution in [1.29, 1.82) is 0 Å². The molecule has 0 spiro atoms. The van der Waals surface area contributed by atoms with Crippen LogP contribution in [0.1, 0.15) is 31.7 Å². The summed E-state index contributed by atoms with van der Waals surface area (Å²) in [5.41, 5.74) is 1.09. The van der Waals surface area contributed by atoms with Crippen molar-refractivity contribution in [3.05, 3.63) is 34.7 Å². The smallest absolute Gasteiger partial charge is 0.268 e. The summed E-state index contributed by atoms with van der Waals surface area (Å²) >= 11 is 1.22. The van der Waals surface area contributed by atoms with Crippen LogP contribution < -0.4 is 4.74 Å². The SMILES string of the molecule is CCCOc1ccc(C2=C(SCCO)C(=O)N(CC3CCCO3)C2=O)cc1. The Morgan fingerprint density at radius 3 is 2.67 bits per heavy atom. The molecule has 7 heteroatoms. The summed E-state index contributed by atoms with van der Waals surface area (Å²) < 4.78 is 11.2. The molecule has 2 heterocycles. The lowest BCUT2D eigenvalue weighted by molar-refractivity contribution is -0.138. The third kappa shape index (κ3) is 4.54. The zero-order chi connectivity index (χ0) is 19.2. The molecule has 1 saturated heterocycles. The number of nitrogens with zero attached hydrogens (tertiary/aromatic N) is 1. The van der Waals surface area contributed by atoms with Crippen molar-refractivity contribution < 1.29 is 24.2 Å². The van der Waals surface area contributed by atoms with Crippen molar-refractivity contribution in [3.63, 3.8) is 0 Å². The molecule has 146 valence electrons. The molecule has 2 aliphatic heterocycles. The number of carbonyl (C=O) groups excluding carboxylic acids is 2. The molecular formula is C20H25NO5S. The normalized spacial score (nSPS) is 20.1. The zero-order valence-corrected chi connectivity index (χ0v) is 16.3. The average molecular weight is 391 g/mol. The van der Waals surface area contributed by atoms with Crippen LogP contribution >= 0.6 is 11.8 Å². The summed E-state index contributed by atoms with van der Waals surface area (Å²) in [5, 5.41) is 9.16. The molecule has 27 heavy (non-hydrogen) atoms. The third-order valence-electron chi connectivity index (χ3n) is 4.49. The van der Waals surface area contributed by atoms with E-state index in [2.05, 4.69) is 0 Å². The van der Waals surface area contributed by atoms with Gasteiger partial charge in [0.25, 0.3) is 11.8 Å². The highest BCUT2D eigenvalue weighted by atomic mass is 32.2. The molecule has 3 rings (SSSR count). The number of carbonyl (C=O) groups is 2. The molecule has 0 aromatic heterocycles. The highest BCUT2D eigenvalue weighted by Gasteiger charge is 2.40. The fourth-order valence-electron chi connectivity index (χ4n) is 3.19. The van der Waals surface area contributed by atoms with Gasteiger partial charge in [-0.05, 0) is 37.0 Å². The first-order chi connectivity index (χ1) is 13.2. The topological polar surface area (TPSA) is 76.1 Å². The lowest BCUT2D eigenvalue weighted by atomic mass is 10.1. The maximum absolute atomic E-state index is 13.0. The van der Waals surface area contributed by atoms with Gasteiger partial charge in [0.2, 0.25) is 0 Å². The Morgan fingerprint density at radius 2 is 2.04 bits per heavy atom. The van der Waals surface area contributed by atoms with E-state index < -0.39 is 0 Å². The first-order valence-electron chi connectivity index (χ1n) is 9.34. The summed E-state index contributed by atoms with van der Waals surface area (Å²) in [4.78, 5) is 27.6. The van der Waals surface area contributed by atoms with Gasteiger partial charge >= 0.3 is 0 Å². The summed E-state index contributed by atoms with van der Waals surface area (Å²) in [6.07, 6.45) is 2.63. The monoisotopic (exact) mass is 391 g/mol. The number of hydrogen-bond acceptors (Lipinski definition) is 6. The highest BCUT2D eigenvalue weighted by molar-refractivity contribution is 8.04. The van der Waals surface area contributed by atoms with Gasteiger partial charge in [-0.3, -0.25) is 14.5 Å². The minimum atomic E-state index is -0.296. The van der Waals surface area contributed by atoms with Crippen LogP contribution in [-0.4, -0.2) is 60.0 Å². The van der Waals surface area contributed by atoms with Crippen LogP contribution in [0.4, 0.5) is 0 Å². The van der Waals surface area contributed by atoms with Crippen molar-refractivity contribution in [2.45, 2.75) is 32.3 Å². The van der Waals surface area contributed by atoms with Gasteiger partial charge in [0.15, 0.2) is 0 Å². The number of imide groups is 1. The maximum Gasteiger partial charge on any atom is 0.268 e. The largest absolute Gasteiger partial charge is 0.494 e. The number of ether oxygens (including phenoxy) is 2. The van der Waals surface area contributed by atoms with Crippen LogP contribution in [0.15, 0.2) is 29.2 Å². The first-order valence-corrected chi connectivity index (χ1v) is 10.3. The number of rotatable bonds is 9. The predicted octanol–water partition coefficient (Wildman–Crippen LogP) is 2.46. The van der Waals surface area contributed by atoms with Gasteiger partial charge in [-0.1, -0.05) is 19.1 Å². The number of amides is 2. The molecular weight excluding hydrogens is 366 g/mol. The molecule has 1 unspecified atom stereocenters. The lowest BCUT2D eigenvalue weighted by Gasteiger charge is -2.19. The molecule has 1 fully saturated rings. The molecule has 1 aromatic carbocycles. The second-order valence-corrected chi connectivity index (χ2v) is 7.61. The predicted molar refractivity (Wildman–Crippen MR) is 104 cm³/mol. The molecule has 2 amide bonds. The van der Waals surface area contributed by atoms with Crippen LogP contribution in [0.25, 0.3) is 5.57 Å². The van der Waals surface area contributed by atoms with Crippen molar-refractivity contribution >= 4 is 29.1 Å². The Balaban J connectivity index is 1.84. The van der Waals surface area contributed by atoms with Gasteiger partial charge in [-0.2, -0.15) is 0 Å². The molecule has 0 aliphatic carbocycles. The van der Waals surface area contributed by atoms with Crippen molar-refractivity contribution in [2.75, 3.05) is 32.1 Å². The molecule has 1 aromatic rings. The van der Waals surface area contributed by atoms with E-state index in [4.69, 9.17) is 14.6 Å². The molecule has 1 atom stereocenters. The minimum absolute atomic E-state index is 0.0571. The standard InChI is InChI=1S/C20H25NO5S/c1-2-10-25-15-7-5-14(6-8-15)17-18(27-12-9-22)20(24)21(19(17)23)13-16-4-3-11-26-16/h5-8,16,22H,2-4,9-13H2,1H3. The Hall–Kier alpha value is -1.83. The first kappa shape index (κ1) is 19.9. The van der Waals surface area contributed by atoms with E-state index in [-0.39, 0.29) is 31.1 Å². The Bertz CT molecular complexity index is 710. The Kier molecular flexibility index (Phi) is 6.93. The van der Waals surface area contributed by atoms with Gasteiger partial charge in [0.05, 0.1) is 36.3 Å². The van der Waals surface area contributed by atoms with Gasteiger partial charge in [0.1, 0.15) is 5.75 Å². The van der Waals surface area contributed by atoms with Crippen molar-refractivity contribution in [3.8, 4) is 5.75 Å². The number of aliphatic hydroxyl groups is 1. The molecule has 0 saturated carbocycles. The van der Waals surface area contributed by atoms with Crippen LogP contribution in [0.5, 0.6) is 5.75 Å². The number of benzene rings is 1. The van der Waals surface area contributed by atoms with E-state index >= 15 is 0 Å². The molecule has 0 radical (unpaired) electrons. The second-order valence-electron chi connectivity index (χ2n) is 6.50. The van der Waals surface area contributed by atoms with E-state index in [0.717, 1.165) is 25.0 Å². The minimum Gasteiger partial charge on any atom is -0.494 e. The number of thioether (sulfide) groups is 1. The summed E-state index contributed by atoms with van der Waals surface area (Å²) in [6, 6.07) is 7.24. The van der Waals surface area contributed by atoms with Gasteiger partial charge in [-0.25, -0.2) is 0 Å². The van der Waals surface area contributed by atoms with Crippen LogP contribution in [0, 0.1) is 0 Å². The zero-order valence-electron chi connectivity index (χ0n) is 15.5.